The fraction of sp³-hybridized carbons (Fsp3) is 0.300. The normalized spacial score (nSPS) is 18.3. The molecule has 0 radical (unpaired) electrons. The van der Waals surface area contributed by atoms with Crippen molar-refractivity contribution in [2.24, 2.45) is 4.99 Å². The third kappa shape index (κ3) is 4.24. The van der Waals surface area contributed by atoms with Crippen molar-refractivity contribution in [1.82, 2.24) is 9.62 Å². The number of hydrogen-bond acceptors (Lipinski definition) is 6. The Morgan fingerprint density at radius 1 is 1.07 bits per heavy atom. The van der Waals surface area contributed by atoms with E-state index in [1.54, 1.807) is 44.3 Å². The summed E-state index contributed by atoms with van der Waals surface area (Å²) in [6.07, 6.45) is 1.14. The van der Waals surface area contributed by atoms with Gasteiger partial charge in [0.15, 0.2) is 9.84 Å². The summed E-state index contributed by atoms with van der Waals surface area (Å²) in [5.41, 5.74) is 1.20. The number of nitrogens with zero attached hydrogens (tertiary/aromatic N) is 2. The summed E-state index contributed by atoms with van der Waals surface area (Å²) in [4.78, 5) is 19.0. The molecule has 0 bridgehead atoms. The Bertz CT molecular complexity index is 1220. The Morgan fingerprint density at radius 2 is 1.67 bits per heavy atom. The number of sulfonamides is 1. The first-order chi connectivity index (χ1) is 13.9. The summed E-state index contributed by atoms with van der Waals surface area (Å²) in [6.45, 7) is 3.42. The smallest absolute Gasteiger partial charge is 0.263 e. The number of nitrogens with one attached hydrogen (secondary N) is 1. The highest BCUT2D eigenvalue weighted by Gasteiger charge is 2.32. The minimum atomic E-state index is -3.68. The molecular weight excluding hydrogens is 426 g/mol. The van der Waals surface area contributed by atoms with Gasteiger partial charge < -0.3 is 4.90 Å². The van der Waals surface area contributed by atoms with Gasteiger partial charge in [-0.05, 0) is 43.7 Å². The van der Waals surface area contributed by atoms with Gasteiger partial charge in [-0.2, -0.15) is 0 Å². The van der Waals surface area contributed by atoms with Gasteiger partial charge in [-0.1, -0.05) is 24.3 Å². The Kier molecular flexibility index (Phi) is 5.74. The molecular formula is C20H23N3O5S2. The second kappa shape index (κ2) is 7.84. The van der Waals surface area contributed by atoms with Crippen molar-refractivity contribution in [3.63, 3.8) is 0 Å². The first-order valence-corrected chi connectivity index (χ1v) is 12.6. The highest BCUT2D eigenvalue weighted by atomic mass is 32.2. The van der Waals surface area contributed by atoms with E-state index in [1.165, 1.54) is 23.1 Å². The number of carbonyl (C=O) groups excluding carboxylic acids is 1. The molecule has 1 unspecified atom stereocenters. The Balaban J connectivity index is 1.80. The number of amidine groups is 1. The van der Waals surface area contributed by atoms with E-state index < -0.39 is 25.9 Å². The molecule has 8 nitrogen and oxygen atoms in total. The van der Waals surface area contributed by atoms with Crippen molar-refractivity contribution in [3.8, 4) is 0 Å². The molecule has 0 aromatic heterocycles. The number of hydrogen-bond donors (Lipinski definition) is 1. The first-order valence-electron chi connectivity index (χ1n) is 9.18. The molecule has 2 aromatic carbocycles. The number of carbonyl (C=O) groups is 1. The molecule has 1 amide bonds. The maximum atomic E-state index is 12.9. The lowest BCUT2D eigenvalue weighted by atomic mass is 10.1. The molecule has 30 heavy (non-hydrogen) atoms. The molecule has 1 N–H and O–H groups in total. The van der Waals surface area contributed by atoms with Crippen molar-refractivity contribution >= 4 is 31.6 Å². The van der Waals surface area contributed by atoms with Crippen molar-refractivity contribution < 1.29 is 21.6 Å². The van der Waals surface area contributed by atoms with Crippen LogP contribution in [0.15, 0.2) is 63.3 Å². The maximum Gasteiger partial charge on any atom is 0.263 e. The van der Waals surface area contributed by atoms with Crippen LogP contribution in [0.25, 0.3) is 0 Å². The zero-order valence-corrected chi connectivity index (χ0v) is 18.7. The molecule has 2 aromatic rings. The second-order valence-corrected chi connectivity index (χ2v) is 10.9. The zero-order valence-electron chi connectivity index (χ0n) is 17.0. The standard InChI is InChI=1S/C20H23N3O5S2/c1-13(21-19-17-7-5-6-8-18(17)30(27,28)22-19)20(24)23(3)14(2)15-9-11-16(12-10-15)29(4,25)26/h5-14H,1-4H3,(H,21,22)/t13-,14?/m0/s1. The van der Waals surface area contributed by atoms with E-state index in [-0.39, 0.29) is 27.6 Å². The van der Waals surface area contributed by atoms with E-state index in [9.17, 15) is 21.6 Å². The van der Waals surface area contributed by atoms with Crippen LogP contribution in [0.5, 0.6) is 0 Å². The molecule has 2 atom stereocenters. The van der Waals surface area contributed by atoms with E-state index >= 15 is 0 Å². The Labute approximate surface area is 176 Å². The molecule has 1 aliphatic rings. The molecule has 1 aliphatic heterocycles. The van der Waals surface area contributed by atoms with Gasteiger partial charge in [-0.3, -0.25) is 14.5 Å². The number of fused-ring (bicyclic) bond motifs is 1. The fourth-order valence-electron chi connectivity index (χ4n) is 3.18. The third-order valence-corrected chi connectivity index (χ3v) is 7.59. The van der Waals surface area contributed by atoms with Crippen LogP contribution >= 0.6 is 0 Å². The summed E-state index contributed by atoms with van der Waals surface area (Å²) in [5, 5.41) is 0. The maximum absolute atomic E-state index is 12.9. The molecule has 0 saturated carbocycles. The van der Waals surface area contributed by atoms with Crippen molar-refractivity contribution in [3.05, 3.63) is 59.7 Å². The van der Waals surface area contributed by atoms with E-state index in [4.69, 9.17) is 0 Å². The summed E-state index contributed by atoms with van der Waals surface area (Å²) in [7, 11) is -5.35. The molecule has 3 rings (SSSR count). The molecule has 10 heteroatoms. The highest BCUT2D eigenvalue weighted by Crippen LogP contribution is 2.24. The number of rotatable bonds is 5. The molecule has 0 spiro atoms. The number of likely N-dealkylation sites (N-methyl/N-ethyl adjacent to an activating group) is 1. The lowest BCUT2D eigenvalue weighted by molar-refractivity contribution is -0.132. The quantitative estimate of drug-likeness (QED) is 0.747. The number of benzene rings is 2. The summed E-state index contributed by atoms with van der Waals surface area (Å²) >= 11 is 0. The summed E-state index contributed by atoms with van der Waals surface area (Å²) < 4.78 is 50.0. The lowest BCUT2D eigenvalue weighted by Gasteiger charge is -2.27. The van der Waals surface area contributed by atoms with Gasteiger partial charge in [-0.25, -0.2) is 16.8 Å². The molecule has 0 aliphatic carbocycles. The van der Waals surface area contributed by atoms with Gasteiger partial charge in [0, 0.05) is 18.9 Å². The van der Waals surface area contributed by atoms with Crippen LogP contribution in [0.3, 0.4) is 0 Å². The highest BCUT2D eigenvalue weighted by molar-refractivity contribution is 7.91. The van der Waals surface area contributed by atoms with E-state index in [0.717, 1.165) is 11.8 Å². The molecule has 1 heterocycles. The van der Waals surface area contributed by atoms with Gasteiger partial charge in [0.2, 0.25) is 5.91 Å². The minimum absolute atomic E-state index is 0.135. The Morgan fingerprint density at radius 3 is 2.27 bits per heavy atom. The summed E-state index contributed by atoms with van der Waals surface area (Å²) in [5.74, 6) is -0.157. The lowest BCUT2D eigenvalue weighted by Crippen LogP contribution is -2.37. The zero-order chi connectivity index (χ0) is 22.3. The van der Waals surface area contributed by atoms with Crippen LogP contribution in [0.4, 0.5) is 0 Å². The average Bonchev–Trinajstić information content (AvgIpc) is 2.96. The van der Waals surface area contributed by atoms with Crippen LogP contribution in [0, 0.1) is 0 Å². The number of amides is 1. The van der Waals surface area contributed by atoms with Gasteiger partial charge in [0.1, 0.15) is 11.9 Å². The van der Waals surface area contributed by atoms with E-state index in [1.807, 2.05) is 6.92 Å². The molecule has 160 valence electrons. The fourth-order valence-corrected chi connectivity index (χ4v) is 5.05. The molecule has 0 fully saturated rings. The van der Waals surface area contributed by atoms with Crippen LogP contribution in [-0.2, 0) is 24.7 Å². The van der Waals surface area contributed by atoms with Crippen LogP contribution in [0.2, 0.25) is 0 Å². The topological polar surface area (TPSA) is 113 Å². The number of aliphatic imine (C=N–C) groups is 1. The Hall–Kier alpha value is -2.72. The van der Waals surface area contributed by atoms with E-state index in [0.29, 0.717) is 5.56 Å². The predicted molar refractivity (Wildman–Crippen MR) is 113 cm³/mol. The van der Waals surface area contributed by atoms with Crippen molar-refractivity contribution in [2.45, 2.75) is 35.7 Å². The second-order valence-electron chi connectivity index (χ2n) is 7.22. The minimum Gasteiger partial charge on any atom is -0.337 e. The van der Waals surface area contributed by atoms with Crippen LogP contribution < -0.4 is 4.72 Å². The SMILES string of the molecule is CC(c1ccc(S(C)(=O)=O)cc1)N(C)C(=O)[C@H](C)N=C1NS(=O)(=O)c2ccccc21. The van der Waals surface area contributed by atoms with Gasteiger partial charge >= 0.3 is 0 Å². The van der Waals surface area contributed by atoms with Crippen LogP contribution in [-0.4, -0.2) is 52.8 Å². The monoisotopic (exact) mass is 449 g/mol. The summed E-state index contributed by atoms with van der Waals surface area (Å²) in [6, 6.07) is 11.7. The largest absolute Gasteiger partial charge is 0.337 e. The average molecular weight is 450 g/mol. The van der Waals surface area contributed by atoms with Gasteiger partial charge in [0.05, 0.1) is 15.8 Å². The van der Waals surface area contributed by atoms with Crippen molar-refractivity contribution in [2.75, 3.05) is 13.3 Å². The predicted octanol–water partition coefficient (Wildman–Crippen LogP) is 1.74. The first kappa shape index (κ1) is 22.0. The molecule has 0 saturated heterocycles. The van der Waals surface area contributed by atoms with Crippen LogP contribution in [0.1, 0.15) is 31.0 Å². The van der Waals surface area contributed by atoms with Crippen molar-refractivity contribution in [1.29, 1.82) is 0 Å². The van der Waals surface area contributed by atoms with Gasteiger partial charge in [0.25, 0.3) is 10.0 Å². The number of sulfone groups is 1. The van der Waals surface area contributed by atoms with E-state index in [2.05, 4.69) is 9.71 Å². The third-order valence-electron chi connectivity index (χ3n) is 5.06. The van der Waals surface area contributed by atoms with Gasteiger partial charge in [-0.15, -0.1) is 0 Å².